The summed E-state index contributed by atoms with van der Waals surface area (Å²) >= 11 is 0. The first-order valence-corrected chi connectivity index (χ1v) is 7.19. The van der Waals surface area contributed by atoms with Gasteiger partial charge in [0.25, 0.3) is 0 Å². The van der Waals surface area contributed by atoms with Crippen molar-refractivity contribution in [3.05, 3.63) is 0 Å². The molecule has 114 valence electrons. The van der Waals surface area contributed by atoms with E-state index in [0.29, 0.717) is 6.54 Å². The second-order valence-electron chi connectivity index (χ2n) is 7.28. The average molecular weight is 281 g/mol. The third-order valence-electron chi connectivity index (χ3n) is 3.89. The zero-order valence-electron chi connectivity index (χ0n) is 13.2. The summed E-state index contributed by atoms with van der Waals surface area (Å²) in [6, 6.07) is 2.42. The molecule has 0 aromatic heterocycles. The van der Waals surface area contributed by atoms with Crippen LogP contribution in [0.2, 0.25) is 0 Å². The van der Waals surface area contributed by atoms with Crippen LogP contribution in [0.5, 0.6) is 0 Å². The van der Waals surface area contributed by atoms with Gasteiger partial charge in [0.05, 0.1) is 18.5 Å². The van der Waals surface area contributed by atoms with Crippen LogP contribution in [0.15, 0.2) is 0 Å². The molecule has 5 heteroatoms. The first kappa shape index (κ1) is 16.9. The molecule has 0 amide bonds. The van der Waals surface area contributed by atoms with Crippen molar-refractivity contribution in [2.75, 3.05) is 13.1 Å². The number of piperidine rings is 1. The predicted molar refractivity (Wildman–Crippen MR) is 78.3 cm³/mol. The van der Waals surface area contributed by atoms with Gasteiger partial charge in [0, 0.05) is 23.7 Å². The zero-order valence-corrected chi connectivity index (χ0v) is 13.2. The van der Waals surface area contributed by atoms with Gasteiger partial charge in [-0.3, -0.25) is 9.69 Å². The summed E-state index contributed by atoms with van der Waals surface area (Å²) in [6.07, 6.45) is 1.84. The first-order chi connectivity index (χ1) is 9.06. The van der Waals surface area contributed by atoms with Gasteiger partial charge >= 0.3 is 5.97 Å². The predicted octanol–water partition coefficient (Wildman–Crippen LogP) is 1.84. The Hall–Kier alpha value is -1.12. The second-order valence-corrected chi connectivity index (χ2v) is 7.28. The normalized spacial score (nSPS) is 23.2. The maximum Gasteiger partial charge on any atom is 0.307 e. The molecule has 0 saturated carbocycles. The van der Waals surface area contributed by atoms with Crippen LogP contribution in [0.4, 0.5) is 0 Å². The molecule has 1 aliphatic rings. The number of aliphatic carboxylic acids is 1. The zero-order chi connectivity index (χ0) is 15.6. The first-order valence-electron chi connectivity index (χ1n) is 7.19. The van der Waals surface area contributed by atoms with Crippen molar-refractivity contribution in [1.29, 1.82) is 5.26 Å². The Labute approximate surface area is 122 Å². The Morgan fingerprint density at radius 1 is 1.40 bits per heavy atom. The molecular weight excluding hydrogens is 254 g/mol. The van der Waals surface area contributed by atoms with Crippen molar-refractivity contribution in [2.24, 2.45) is 5.92 Å². The van der Waals surface area contributed by atoms with Gasteiger partial charge in [-0.2, -0.15) is 5.26 Å². The molecule has 1 atom stereocenters. The van der Waals surface area contributed by atoms with Crippen LogP contribution in [-0.2, 0) is 4.79 Å². The van der Waals surface area contributed by atoms with Crippen LogP contribution in [0.3, 0.4) is 0 Å². The van der Waals surface area contributed by atoms with E-state index in [0.717, 1.165) is 12.8 Å². The van der Waals surface area contributed by atoms with Gasteiger partial charge in [-0.05, 0) is 40.5 Å². The molecular formula is C15H27N3O2. The van der Waals surface area contributed by atoms with Crippen LogP contribution in [0.1, 0.15) is 47.5 Å². The van der Waals surface area contributed by atoms with Gasteiger partial charge in [-0.15, -0.1) is 0 Å². The molecule has 1 aliphatic heterocycles. The third kappa shape index (κ3) is 4.77. The summed E-state index contributed by atoms with van der Waals surface area (Å²) in [5.41, 5.74) is -0.0147. The van der Waals surface area contributed by atoms with E-state index in [4.69, 9.17) is 10.4 Å². The highest BCUT2D eigenvalue weighted by atomic mass is 16.4. The lowest BCUT2D eigenvalue weighted by Crippen LogP contribution is -2.62. The van der Waals surface area contributed by atoms with Crippen LogP contribution < -0.4 is 5.32 Å². The molecule has 0 aromatic rings. The Kier molecular flexibility index (Phi) is 5.17. The molecule has 1 fully saturated rings. The highest BCUT2D eigenvalue weighted by Crippen LogP contribution is 2.31. The highest BCUT2D eigenvalue weighted by Gasteiger charge is 2.40. The molecule has 0 bridgehead atoms. The second kappa shape index (κ2) is 6.11. The molecule has 0 radical (unpaired) electrons. The molecule has 20 heavy (non-hydrogen) atoms. The van der Waals surface area contributed by atoms with Gasteiger partial charge in [0.1, 0.15) is 0 Å². The number of nitrogens with one attached hydrogen (secondary N) is 1. The monoisotopic (exact) mass is 281 g/mol. The van der Waals surface area contributed by atoms with Crippen molar-refractivity contribution < 1.29 is 9.90 Å². The fourth-order valence-corrected chi connectivity index (χ4v) is 3.39. The maximum absolute atomic E-state index is 11.1. The van der Waals surface area contributed by atoms with E-state index in [1.54, 1.807) is 6.92 Å². The summed E-state index contributed by atoms with van der Waals surface area (Å²) in [5.74, 6) is -1.26. The Morgan fingerprint density at radius 3 is 2.30 bits per heavy atom. The molecule has 5 nitrogen and oxygen atoms in total. The van der Waals surface area contributed by atoms with Crippen molar-refractivity contribution in [3.63, 3.8) is 0 Å². The SMILES string of the molecule is CC(CN(CC#N)C1CC(C)(C)NC(C)(C)C1)C(=O)O. The molecule has 0 aliphatic carbocycles. The molecule has 1 heterocycles. The fraction of sp³-hybridized carbons (Fsp3) is 0.867. The van der Waals surface area contributed by atoms with E-state index in [9.17, 15) is 4.79 Å². The molecule has 1 unspecified atom stereocenters. The summed E-state index contributed by atoms with van der Waals surface area (Å²) < 4.78 is 0. The smallest absolute Gasteiger partial charge is 0.307 e. The van der Waals surface area contributed by atoms with Crippen LogP contribution >= 0.6 is 0 Å². The Bertz CT molecular complexity index is 382. The Morgan fingerprint density at radius 2 is 1.90 bits per heavy atom. The lowest BCUT2D eigenvalue weighted by atomic mass is 9.79. The van der Waals surface area contributed by atoms with E-state index >= 15 is 0 Å². The number of carboxylic acid groups (broad SMARTS) is 1. The van der Waals surface area contributed by atoms with Crippen molar-refractivity contribution in [3.8, 4) is 6.07 Å². The summed E-state index contributed by atoms with van der Waals surface area (Å²) in [5, 5.41) is 21.7. The number of carbonyl (C=O) groups is 1. The number of hydrogen-bond donors (Lipinski definition) is 2. The lowest BCUT2D eigenvalue weighted by molar-refractivity contribution is -0.142. The maximum atomic E-state index is 11.1. The van der Waals surface area contributed by atoms with Crippen LogP contribution in [0, 0.1) is 17.2 Å². The highest BCUT2D eigenvalue weighted by molar-refractivity contribution is 5.69. The van der Waals surface area contributed by atoms with Gasteiger partial charge in [-0.1, -0.05) is 6.92 Å². The van der Waals surface area contributed by atoms with E-state index in [1.807, 2.05) is 4.90 Å². The number of carboxylic acids is 1. The van der Waals surface area contributed by atoms with Crippen molar-refractivity contribution in [2.45, 2.75) is 64.6 Å². The van der Waals surface area contributed by atoms with E-state index < -0.39 is 11.9 Å². The standard InChI is InChI=1S/C15H27N3O2/c1-11(13(19)20)10-18(7-6-16)12-8-14(2,3)17-15(4,5)9-12/h11-12,17H,7-10H2,1-5H3,(H,19,20). The van der Waals surface area contributed by atoms with Crippen LogP contribution in [-0.4, -0.2) is 46.2 Å². The van der Waals surface area contributed by atoms with Gasteiger partial charge < -0.3 is 10.4 Å². The minimum Gasteiger partial charge on any atom is -0.481 e. The fourth-order valence-electron chi connectivity index (χ4n) is 3.39. The molecule has 1 saturated heterocycles. The van der Waals surface area contributed by atoms with Gasteiger partial charge in [0.2, 0.25) is 0 Å². The Balaban J connectivity index is 2.85. The van der Waals surface area contributed by atoms with Crippen molar-refractivity contribution in [1.82, 2.24) is 10.2 Å². The molecule has 2 N–H and O–H groups in total. The van der Waals surface area contributed by atoms with E-state index in [2.05, 4.69) is 39.1 Å². The topological polar surface area (TPSA) is 76.4 Å². The average Bonchev–Trinajstić information content (AvgIpc) is 2.23. The van der Waals surface area contributed by atoms with Gasteiger partial charge in [-0.25, -0.2) is 0 Å². The minimum absolute atomic E-state index is 0.00736. The number of nitrogens with zero attached hydrogens (tertiary/aromatic N) is 2. The number of nitriles is 1. The molecule has 0 aromatic carbocycles. The third-order valence-corrected chi connectivity index (χ3v) is 3.89. The minimum atomic E-state index is -0.805. The molecule has 1 rings (SSSR count). The number of hydrogen-bond acceptors (Lipinski definition) is 4. The summed E-state index contributed by atoms with van der Waals surface area (Å²) in [4.78, 5) is 13.1. The summed E-state index contributed by atoms with van der Waals surface area (Å²) in [6.45, 7) is 11.1. The van der Waals surface area contributed by atoms with Crippen molar-refractivity contribution >= 4 is 5.97 Å². The van der Waals surface area contributed by atoms with Crippen LogP contribution in [0.25, 0.3) is 0 Å². The molecule has 0 spiro atoms. The van der Waals surface area contributed by atoms with Gasteiger partial charge in [0.15, 0.2) is 0 Å². The largest absolute Gasteiger partial charge is 0.481 e. The van der Waals surface area contributed by atoms with E-state index in [-0.39, 0.29) is 23.7 Å². The lowest BCUT2D eigenvalue weighted by Gasteiger charge is -2.49. The number of rotatable bonds is 5. The van der Waals surface area contributed by atoms with E-state index in [1.165, 1.54) is 0 Å². The quantitative estimate of drug-likeness (QED) is 0.752. The summed E-state index contributed by atoms with van der Waals surface area (Å²) in [7, 11) is 0.